The Bertz CT molecular complexity index is 877. The third-order valence-corrected chi connectivity index (χ3v) is 4.78. The average molecular weight is 377 g/mol. The zero-order valence-electron chi connectivity index (χ0n) is 16.1. The number of carbonyl (C=O) groups is 1. The lowest BCUT2D eigenvalue weighted by Gasteiger charge is -2.17. The number of nitrogens with two attached hydrogens (primary N) is 1. The van der Waals surface area contributed by atoms with Crippen LogP contribution in [0.5, 0.6) is 0 Å². The van der Waals surface area contributed by atoms with Gasteiger partial charge in [-0.2, -0.15) is 0 Å². The maximum Gasteiger partial charge on any atom is 0.275 e. The van der Waals surface area contributed by atoms with Crippen LogP contribution in [0.25, 0.3) is 0 Å². The molecule has 144 valence electrons. The molecule has 0 spiro atoms. The first-order valence-electron chi connectivity index (χ1n) is 9.58. The van der Waals surface area contributed by atoms with Crippen molar-refractivity contribution in [1.82, 2.24) is 5.32 Å². The number of rotatable bonds is 8. The molecule has 1 atom stereocenters. The normalized spacial score (nSPS) is 11.8. The standard InChI is InChI=1S/C24H25FN2O/c1-18-7-11-21(12-8-18)24(20-5-3-2-4-6-20)27-17-23(28)26-16-15-19-9-13-22(25)14-10-19/h2-14,24,27H,15-17H2,1H3,(H,26,28)/p+1/t24-/m1/s1. The van der Waals surface area contributed by atoms with Gasteiger partial charge in [0.2, 0.25) is 0 Å². The van der Waals surface area contributed by atoms with Gasteiger partial charge >= 0.3 is 0 Å². The fraction of sp³-hybridized carbons (Fsp3) is 0.208. The van der Waals surface area contributed by atoms with E-state index >= 15 is 0 Å². The first kappa shape index (κ1) is 19.8. The van der Waals surface area contributed by atoms with Crippen molar-refractivity contribution in [3.8, 4) is 0 Å². The summed E-state index contributed by atoms with van der Waals surface area (Å²) >= 11 is 0. The van der Waals surface area contributed by atoms with Gasteiger partial charge in [0.15, 0.2) is 6.54 Å². The molecule has 0 aliphatic heterocycles. The van der Waals surface area contributed by atoms with Crippen LogP contribution in [-0.2, 0) is 11.2 Å². The van der Waals surface area contributed by atoms with Crippen LogP contribution in [0, 0.1) is 12.7 Å². The fourth-order valence-corrected chi connectivity index (χ4v) is 3.19. The molecule has 0 fully saturated rings. The highest BCUT2D eigenvalue weighted by atomic mass is 19.1. The topological polar surface area (TPSA) is 45.7 Å². The van der Waals surface area contributed by atoms with E-state index in [4.69, 9.17) is 0 Å². The van der Waals surface area contributed by atoms with E-state index in [2.05, 4.69) is 54.0 Å². The Kier molecular flexibility index (Phi) is 6.93. The molecule has 3 aromatic carbocycles. The Morgan fingerprint density at radius 2 is 1.57 bits per heavy atom. The lowest BCUT2D eigenvalue weighted by molar-refractivity contribution is -0.676. The summed E-state index contributed by atoms with van der Waals surface area (Å²) in [7, 11) is 0. The van der Waals surface area contributed by atoms with Gasteiger partial charge in [-0.25, -0.2) is 4.39 Å². The third-order valence-electron chi connectivity index (χ3n) is 4.78. The summed E-state index contributed by atoms with van der Waals surface area (Å²) in [4.78, 5) is 12.3. The molecule has 0 aromatic heterocycles. The molecule has 3 N–H and O–H groups in total. The van der Waals surface area contributed by atoms with Gasteiger partial charge in [-0.05, 0) is 31.0 Å². The van der Waals surface area contributed by atoms with Crippen LogP contribution in [0.15, 0.2) is 78.9 Å². The highest BCUT2D eigenvalue weighted by Gasteiger charge is 2.18. The van der Waals surface area contributed by atoms with E-state index in [0.29, 0.717) is 19.5 Å². The molecule has 0 aliphatic rings. The molecule has 0 aliphatic carbocycles. The molecular weight excluding hydrogens is 351 g/mol. The quantitative estimate of drug-likeness (QED) is 0.622. The van der Waals surface area contributed by atoms with Gasteiger partial charge < -0.3 is 10.6 Å². The molecule has 0 unspecified atom stereocenters. The van der Waals surface area contributed by atoms with E-state index in [-0.39, 0.29) is 17.8 Å². The predicted molar refractivity (Wildman–Crippen MR) is 109 cm³/mol. The largest absolute Gasteiger partial charge is 0.351 e. The number of hydrogen-bond donors (Lipinski definition) is 2. The molecule has 3 aromatic rings. The van der Waals surface area contributed by atoms with E-state index < -0.39 is 0 Å². The summed E-state index contributed by atoms with van der Waals surface area (Å²) in [6.45, 7) is 2.95. The van der Waals surface area contributed by atoms with E-state index in [9.17, 15) is 9.18 Å². The number of benzene rings is 3. The van der Waals surface area contributed by atoms with Gasteiger partial charge in [0.1, 0.15) is 11.9 Å². The summed E-state index contributed by atoms with van der Waals surface area (Å²) < 4.78 is 12.9. The summed E-state index contributed by atoms with van der Waals surface area (Å²) in [5.74, 6) is -0.249. The number of amides is 1. The van der Waals surface area contributed by atoms with Crippen molar-refractivity contribution in [1.29, 1.82) is 0 Å². The van der Waals surface area contributed by atoms with E-state index in [1.165, 1.54) is 28.8 Å². The zero-order valence-corrected chi connectivity index (χ0v) is 16.1. The first-order valence-corrected chi connectivity index (χ1v) is 9.58. The SMILES string of the molecule is Cc1ccc([C@H]([NH2+]CC(=O)NCCc2ccc(F)cc2)c2ccccc2)cc1. The van der Waals surface area contributed by atoms with Gasteiger partial charge in [-0.3, -0.25) is 4.79 Å². The average Bonchev–Trinajstić information content (AvgIpc) is 2.72. The molecule has 4 heteroatoms. The Morgan fingerprint density at radius 1 is 0.929 bits per heavy atom. The number of nitrogens with one attached hydrogen (secondary N) is 1. The maximum atomic E-state index is 12.9. The van der Waals surface area contributed by atoms with Gasteiger partial charge in [-0.1, -0.05) is 72.3 Å². The van der Waals surface area contributed by atoms with E-state index in [1.807, 2.05) is 18.2 Å². The van der Waals surface area contributed by atoms with Crippen LogP contribution >= 0.6 is 0 Å². The Hall–Kier alpha value is -2.98. The van der Waals surface area contributed by atoms with Crippen molar-refractivity contribution < 1.29 is 14.5 Å². The van der Waals surface area contributed by atoms with Gasteiger partial charge in [0, 0.05) is 17.7 Å². The first-order chi connectivity index (χ1) is 13.6. The number of aryl methyl sites for hydroxylation is 1. The minimum absolute atomic E-state index is 0.00449. The third kappa shape index (κ3) is 5.76. The van der Waals surface area contributed by atoms with Crippen LogP contribution in [0.1, 0.15) is 28.3 Å². The molecule has 0 saturated heterocycles. The van der Waals surface area contributed by atoms with Crippen molar-refractivity contribution in [3.05, 3.63) is 107 Å². The Morgan fingerprint density at radius 3 is 2.25 bits per heavy atom. The van der Waals surface area contributed by atoms with Crippen LogP contribution in [0.2, 0.25) is 0 Å². The molecular formula is C24H26FN2O+. The molecule has 0 radical (unpaired) electrons. The predicted octanol–water partition coefficient (Wildman–Crippen LogP) is 3.15. The van der Waals surface area contributed by atoms with Crippen molar-refractivity contribution in [3.63, 3.8) is 0 Å². The van der Waals surface area contributed by atoms with Crippen LogP contribution in [0.3, 0.4) is 0 Å². The molecule has 0 bridgehead atoms. The molecule has 1 amide bonds. The van der Waals surface area contributed by atoms with Gasteiger partial charge in [0.05, 0.1) is 0 Å². The molecule has 28 heavy (non-hydrogen) atoms. The van der Waals surface area contributed by atoms with Crippen LogP contribution in [-0.4, -0.2) is 19.0 Å². The Labute approximate surface area is 165 Å². The smallest absolute Gasteiger partial charge is 0.275 e. The summed E-state index contributed by atoms with van der Waals surface area (Å²) in [6, 6.07) is 25.1. The van der Waals surface area contributed by atoms with Crippen molar-refractivity contribution in [2.45, 2.75) is 19.4 Å². The summed E-state index contributed by atoms with van der Waals surface area (Å²) in [5, 5.41) is 5.01. The maximum absolute atomic E-state index is 12.9. The van der Waals surface area contributed by atoms with Crippen molar-refractivity contribution >= 4 is 5.91 Å². The summed E-state index contributed by atoms with van der Waals surface area (Å²) in [6.07, 6.45) is 0.687. The van der Waals surface area contributed by atoms with Crippen molar-refractivity contribution in [2.75, 3.05) is 13.1 Å². The van der Waals surface area contributed by atoms with Crippen molar-refractivity contribution in [2.24, 2.45) is 0 Å². The highest BCUT2D eigenvalue weighted by molar-refractivity contribution is 5.76. The van der Waals surface area contributed by atoms with Crippen LogP contribution in [0.4, 0.5) is 4.39 Å². The number of halogens is 1. The second-order valence-corrected chi connectivity index (χ2v) is 6.97. The minimum atomic E-state index is -0.245. The van der Waals surface area contributed by atoms with E-state index in [0.717, 1.165) is 5.56 Å². The second kappa shape index (κ2) is 9.81. The molecule has 0 heterocycles. The second-order valence-electron chi connectivity index (χ2n) is 6.97. The zero-order chi connectivity index (χ0) is 19.8. The van der Waals surface area contributed by atoms with E-state index in [1.54, 1.807) is 12.1 Å². The monoisotopic (exact) mass is 377 g/mol. The Balaban J connectivity index is 1.56. The van der Waals surface area contributed by atoms with Gasteiger partial charge in [0.25, 0.3) is 5.91 Å². The van der Waals surface area contributed by atoms with Gasteiger partial charge in [-0.15, -0.1) is 0 Å². The number of hydrogen-bond acceptors (Lipinski definition) is 1. The lowest BCUT2D eigenvalue weighted by Crippen LogP contribution is -2.87. The van der Waals surface area contributed by atoms with Crippen LogP contribution < -0.4 is 10.6 Å². The lowest BCUT2D eigenvalue weighted by atomic mass is 9.98. The summed E-state index contributed by atoms with van der Waals surface area (Å²) in [5.41, 5.74) is 4.57. The molecule has 3 rings (SSSR count). The minimum Gasteiger partial charge on any atom is -0.351 e. The molecule has 3 nitrogen and oxygen atoms in total. The molecule has 0 saturated carbocycles. The highest BCUT2D eigenvalue weighted by Crippen LogP contribution is 2.18. The number of quaternary nitrogens is 1. The number of carbonyl (C=O) groups excluding carboxylic acids is 1. The fourth-order valence-electron chi connectivity index (χ4n) is 3.19.